The Bertz CT molecular complexity index is 125. The van der Waals surface area contributed by atoms with Gasteiger partial charge in [-0.05, 0) is 13.8 Å². The Hall–Kier alpha value is -1.10. The number of nitrogens with one attached hydrogen (secondary N) is 1. The predicted octanol–water partition coefficient (Wildman–Crippen LogP) is -0.142. The van der Waals surface area contributed by atoms with Gasteiger partial charge in [-0.25, -0.2) is 0 Å². The summed E-state index contributed by atoms with van der Waals surface area (Å²) >= 11 is 0. The van der Waals surface area contributed by atoms with Crippen LogP contribution >= 0.6 is 0 Å². The maximum absolute atomic E-state index is 9.80. The monoisotopic (exact) mass is 177 g/mol. The van der Waals surface area contributed by atoms with Crippen molar-refractivity contribution < 1.29 is 19.4 Å². The van der Waals surface area contributed by atoms with Crippen molar-refractivity contribution in [3.63, 3.8) is 0 Å². The molecular weight excluding hydrogens is 162 g/mol. The van der Waals surface area contributed by atoms with Crippen LogP contribution in [0.2, 0.25) is 0 Å². The van der Waals surface area contributed by atoms with Gasteiger partial charge in [-0.15, -0.1) is 0 Å². The molecule has 0 aromatic carbocycles. The van der Waals surface area contributed by atoms with Gasteiger partial charge in [-0.1, -0.05) is 0 Å². The summed E-state index contributed by atoms with van der Waals surface area (Å²) in [6.45, 7) is 4.11. The number of hydrogen-bond donors (Lipinski definition) is 2. The summed E-state index contributed by atoms with van der Waals surface area (Å²) in [4.78, 5) is 18.2. The second kappa shape index (κ2) is 8.00. The first-order valence-electron chi connectivity index (χ1n) is 3.34. The molecule has 12 heavy (non-hydrogen) atoms. The summed E-state index contributed by atoms with van der Waals surface area (Å²) in [7, 11) is 1.62. The number of carbonyl (C=O) groups is 2. The van der Waals surface area contributed by atoms with Crippen molar-refractivity contribution in [3.8, 4) is 0 Å². The SMILES string of the molecule is COC(C)(C)CNC=O.O=CO. The van der Waals surface area contributed by atoms with E-state index in [-0.39, 0.29) is 12.1 Å². The molecule has 0 saturated heterocycles. The highest BCUT2D eigenvalue weighted by molar-refractivity contribution is 5.45. The van der Waals surface area contributed by atoms with Crippen LogP contribution in [0.15, 0.2) is 0 Å². The van der Waals surface area contributed by atoms with E-state index in [4.69, 9.17) is 14.6 Å². The average molecular weight is 177 g/mol. The zero-order valence-corrected chi connectivity index (χ0v) is 7.53. The lowest BCUT2D eigenvalue weighted by Crippen LogP contribution is -2.35. The van der Waals surface area contributed by atoms with Crippen molar-refractivity contribution in [1.82, 2.24) is 5.32 Å². The highest BCUT2D eigenvalue weighted by atomic mass is 16.5. The molecule has 0 aromatic heterocycles. The number of carbonyl (C=O) groups excluding carboxylic acids is 1. The molecule has 0 aromatic rings. The van der Waals surface area contributed by atoms with Crippen LogP contribution < -0.4 is 5.32 Å². The van der Waals surface area contributed by atoms with E-state index in [0.29, 0.717) is 13.0 Å². The molecule has 0 rings (SSSR count). The molecule has 0 fully saturated rings. The van der Waals surface area contributed by atoms with Crippen LogP contribution in [-0.4, -0.2) is 37.2 Å². The van der Waals surface area contributed by atoms with Gasteiger partial charge in [-0.2, -0.15) is 0 Å². The lowest BCUT2D eigenvalue weighted by Gasteiger charge is -2.21. The minimum absolute atomic E-state index is 0.249. The Labute approximate surface area is 71.7 Å². The summed E-state index contributed by atoms with van der Waals surface area (Å²) in [6, 6.07) is 0. The molecule has 2 N–H and O–H groups in total. The average Bonchev–Trinajstić information content (AvgIpc) is 2.03. The number of rotatable bonds is 4. The Morgan fingerprint density at radius 1 is 1.50 bits per heavy atom. The molecule has 0 aliphatic carbocycles. The second-order valence-corrected chi connectivity index (χ2v) is 2.57. The van der Waals surface area contributed by atoms with Gasteiger partial charge in [0, 0.05) is 13.7 Å². The number of ether oxygens (including phenoxy) is 1. The smallest absolute Gasteiger partial charge is 0.290 e. The van der Waals surface area contributed by atoms with E-state index in [1.54, 1.807) is 7.11 Å². The molecule has 5 heteroatoms. The Kier molecular flexibility index (Phi) is 8.99. The van der Waals surface area contributed by atoms with Gasteiger partial charge in [0.1, 0.15) is 0 Å². The molecule has 0 saturated carbocycles. The molecule has 1 amide bonds. The third-order valence-corrected chi connectivity index (χ3v) is 1.16. The first-order chi connectivity index (χ1) is 5.54. The van der Waals surface area contributed by atoms with Crippen molar-refractivity contribution in [1.29, 1.82) is 0 Å². The molecule has 5 nitrogen and oxygen atoms in total. The van der Waals surface area contributed by atoms with Crippen LogP contribution in [0.25, 0.3) is 0 Å². The molecule has 0 radical (unpaired) electrons. The van der Waals surface area contributed by atoms with Gasteiger partial charge in [0.25, 0.3) is 6.47 Å². The van der Waals surface area contributed by atoms with Gasteiger partial charge in [-0.3, -0.25) is 9.59 Å². The standard InChI is InChI=1S/C6H13NO2.CH2O2/c1-6(2,9-3)4-7-5-8;2-1-3/h5H,4H2,1-3H3,(H,7,8);1H,(H,2,3). The first-order valence-corrected chi connectivity index (χ1v) is 3.34. The molecule has 0 atom stereocenters. The Morgan fingerprint density at radius 3 is 2.17 bits per heavy atom. The molecule has 0 bridgehead atoms. The summed E-state index contributed by atoms with van der Waals surface area (Å²) in [5, 5.41) is 9.42. The van der Waals surface area contributed by atoms with Crippen molar-refractivity contribution in [2.75, 3.05) is 13.7 Å². The molecule has 0 aliphatic heterocycles. The summed E-state index contributed by atoms with van der Waals surface area (Å²) < 4.78 is 5.02. The van der Waals surface area contributed by atoms with E-state index < -0.39 is 0 Å². The van der Waals surface area contributed by atoms with Crippen molar-refractivity contribution in [2.24, 2.45) is 0 Å². The Morgan fingerprint density at radius 2 is 1.92 bits per heavy atom. The lowest BCUT2D eigenvalue weighted by molar-refractivity contribution is -0.122. The van der Waals surface area contributed by atoms with Crippen molar-refractivity contribution in [3.05, 3.63) is 0 Å². The molecule has 0 heterocycles. The summed E-state index contributed by atoms with van der Waals surface area (Å²) in [5.74, 6) is 0. The van der Waals surface area contributed by atoms with Crippen molar-refractivity contribution in [2.45, 2.75) is 19.4 Å². The van der Waals surface area contributed by atoms with Gasteiger partial charge >= 0.3 is 0 Å². The quantitative estimate of drug-likeness (QED) is 0.586. The van der Waals surface area contributed by atoms with Gasteiger partial charge < -0.3 is 15.2 Å². The third kappa shape index (κ3) is 11.7. The maximum Gasteiger partial charge on any atom is 0.290 e. The van der Waals surface area contributed by atoms with Gasteiger partial charge in [0.2, 0.25) is 6.41 Å². The van der Waals surface area contributed by atoms with E-state index in [9.17, 15) is 4.79 Å². The molecule has 0 spiro atoms. The maximum atomic E-state index is 9.80. The first kappa shape index (κ1) is 13.5. The zero-order chi connectivity index (χ0) is 10.0. The lowest BCUT2D eigenvalue weighted by atomic mass is 10.1. The fourth-order valence-electron chi connectivity index (χ4n) is 0.360. The van der Waals surface area contributed by atoms with Gasteiger partial charge in [0.15, 0.2) is 0 Å². The van der Waals surface area contributed by atoms with Crippen LogP contribution in [0.3, 0.4) is 0 Å². The van der Waals surface area contributed by atoms with Crippen LogP contribution in [0.4, 0.5) is 0 Å². The second-order valence-electron chi connectivity index (χ2n) is 2.57. The number of hydrogen-bond acceptors (Lipinski definition) is 3. The van der Waals surface area contributed by atoms with Crippen LogP contribution in [0, 0.1) is 0 Å². The fourth-order valence-corrected chi connectivity index (χ4v) is 0.360. The van der Waals surface area contributed by atoms with E-state index in [1.165, 1.54) is 0 Å². The van der Waals surface area contributed by atoms with Crippen LogP contribution in [0.1, 0.15) is 13.8 Å². The highest BCUT2D eigenvalue weighted by Crippen LogP contribution is 2.03. The third-order valence-electron chi connectivity index (χ3n) is 1.16. The summed E-state index contributed by atoms with van der Waals surface area (Å²) in [6.07, 6.45) is 0.667. The Balaban J connectivity index is 0. The number of methoxy groups -OCH3 is 1. The minimum atomic E-state index is -0.250. The number of carboxylic acid groups (broad SMARTS) is 1. The van der Waals surface area contributed by atoms with Crippen LogP contribution in [-0.2, 0) is 14.3 Å². The topological polar surface area (TPSA) is 75.6 Å². The molecule has 0 unspecified atom stereocenters. The van der Waals surface area contributed by atoms with E-state index >= 15 is 0 Å². The minimum Gasteiger partial charge on any atom is -0.483 e. The largest absolute Gasteiger partial charge is 0.483 e. The summed E-state index contributed by atoms with van der Waals surface area (Å²) in [5.41, 5.74) is -0.249. The highest BCUT2D eigenvalue weighted by Gasteiger charge is 2.14. The predicted molar refractivity (Wildman–Crippen MR) is 43.8 cm³/mol. The van der Waals surface area contributed by atoms with Crippen molar-refractivity contribution >= 4 is 12.9 Å². The van der Waals surface area contributed by atoms with E-state index in [0.717, 1.165) is 0 Å². The fraction of sp³-hybridized carbons (Fsp3) is 0.714. The zero-order valence-electron chi connectivity index (χ0n) is 7.53. The van der Waals surface area contributed by atoms with Crippen LogP contribution in [0.5, 0.6) is 0 Å². The van der Waals surface area contributed by atoms with E-state index in [2.05, 4.69) is 5.32 Å². The molecule has 0 aliphatic rings. The van der Waals surface area contributed by atoms with Gasteiger partial charge in [0.05, 0.1) is 5.60 Å². The molecule has 72 valence electrons. The normalized spacial score (nSPS) is 9.25. The van der Waals surface area contributed by atoms with E-state index in [1.807, 2.05) is 13.8 Å². The molecular formula is C7H15NO4. The number of amides is 1.